The molecule has 1 aliphatic carbocycles. The van der Waals surface area contributed by atoms with Crippen LogP contribution in [-0.2, 0) is 0 Å². The summed E-state index contributed by atoms with van der Waals surface area (Å²) in [5.41, 5.74) is 0. The predicted molar refractivity (Wildman–Crippen MR) is 82.8 cm³/mol. The fraction of sp³-hybridized carbons (Fsp3) is 0.938. The monoisotopic (exact) mass is 281 g/mol. The molecule has 1 saturated carbocycles. The van der Waals surface area contributed by atoms with E-state index in [-0.39, 0.29) is 6.03 Å². The topological polar surface area (TPSA) is 44.4 Å². The van der Waals surface area contributed by atoms with Gasteiger partial charge >= 0.3 is 6.03 Å². The number of piperidine rings is 1. The van der Waals surface area contributed by atoms with Crippen LogP contribution in [0, 0.1) is 11.8 Å². The summed E-state index contributed by atoms with van der Waals surface area (Å²) < 4.78 is 0. The number of carbonyl (C=O) groups excluding carboxylic acids is 1. The lowest BCUT2D eigenvalue weighted by molar-refractivity contribution is 0.189. The van der Waals surface area contributed by atoms with Gasteiger partial charge in [-0.25, -0.2) is 4.79 Å². The van der Waals surface area contributed by atoms with E-state index in [0.717, 1.165) is 24.8 Å². The number of carbonyl (C=O) groups is 1. The Hall–Kier alpha value is -0.770. The van der Waals surface area contributed by atoms with E-state index in [1.807, 2.05) is 0 Å². The highest BCUT2D eigenvalue weighted by molar-refractivity contribution is 5.74. The number of amides is 2. The first-order chi connectivity index (χ1) is 9.65. The number of likely N-dealkylation sites (tertiary alicyclic amines) is 1. The van der Waals surface area contributed by atoms with Crippen LogP contribution < -0.4 is 10.6 Å². The van der Waals surface area contributed by atoms with Crippen LogP contribution in [0.1, 0.15) is 52.4 Å². The van der Waals surface area contributed by atoms with E-state index in [4.69, 9.17) is 0 Å². The average molecular weight is 281 g/mol. The molecule has 2 aliphatic rings. The zero-order valence-corrected chi connectivity index (χ0v) is 13.2. The molecule has 4 nitrogen and oxygen atoms in total. The van der Waals surface area contributed by atoms with Crippen molar-refractivity contribution in [3.63, 3.8) is 0 Å². The summed E-state index contributed by atoms with van der Waals surface area (Å²) in [6.45, 7) is 8.96. The number of urea groups is 1. The maximum absolute atomic E-state index is 11.7. The molecule has 0 aromatic heterocycles. The summed E-state index contributed by atoms with van der Waals surface area (Å²) in [5.74, 6) is 1.63. The lowest BCUT2D eigenvalue weighted by atomic mass is 9.99. The molecule has 0 aromatic carbocycles. The van der Waals surface area contributed by atoms with Crippen molar-refractivity contribution in [2.24, 2.45) is 11.8 Å². The molecule has 1 aliphatic heterocycles. The van der Waals surface area contributed by atoms with E-state index in [0.29, 0.717) is 6.04 Å². The standard InChI is InChI=1S/C16H31N3O/c1-13-7-11-19(12-8-13)10-4-3-9-17-16(20)18-14(2)15-5-6-15/h13-15H,3-12H2,1-2H3,(H2,17,18,20). The molecule has 1 saturated heterocycles. The highest BCUT2D eigenvalue weighted by atomic mass is 16.2. The Labute approximate surface area is 123 Å². The minimum absolute atomic E-state index is 0.0104. The SMILES string of the molecule is CC1CCN(CCCCNC(=O)NC(C)C2CC2)CC1. The van der Waals surface area contributed by atoms with Crippen molar-refractivity contribution >= 4 is 6.03 Å². The molecule has 4 heteroatoms. The molecule has 0 radical (unpaired) electrons. The largest absolute Gasteiger partial charge is 0.338 e. The fourth-order valence-electron chi connectivity index (χ4n) is 2.92. The molecule has 2 fully saturated rings. The number of nitrogens with zero attached hydrogens (tertiary/aromatic N) is 1. The highest BCUT2D eigenvalue weighted by Gasteiger charge is 2.28. The van der Waals surface area contributed by atoms with E-state index in [2.05, 4.69) is 29.4 Å². The van der Waals surface area contributed by atoms with Gasteiger partial charge in [-0.2, -0.15) is 0 Å². The smallest absolute Gasteiger partial charge is 0.315 e. The number of nitrogens with one attached hydrogen (secondary N) is 2. The van der Waals surface area contributed by atoms with Gasteiger partial charge in [-0.3, -0.25) is 0 Å². The second-order valence-electron chi connectivity index (χ2n) is 6.76. The maximum Gasteiger partial charge on any atom is 0.315 e. The van der Waals surface area contributed by atoms with Crippen molar-refractivity contribution in [2.75, 3.05) is 26.2 Å². The molecule has 2 amide bonds. The van der Waals surface area contributed by atoms with Gasteiger partial charge < -0.3 is 15.5 Å². The molecule has 2 rings (SSSR count). The lowest BCUT2D eigenvalue weighted by Crippen LogP contribution is -2.42. The van der Waals surface area contributed by atoms with Crippen molar-refractivity contribution in [3.05, 3.63) is 0 Å². The van der Waals surface area contributed by atoms with E-state index < -0.39 is 0 Å². The third kappa shape index (κ3) is 5.70. The Morgan fingerprint density at radius 2 is 1.90 bits per heavy atom. The highest BCUT2D eigenvalue weighted by Crippen LogP contribution is 2.32. The summed E-state index contributed by atoms with van der Waals surface area (Å²) in [4.78, 5) is 14.2. The zero-order chi connectivity index (χ0) is 14.4. The summed E-state index contributed by atoms with van der Waals surface area (Å²) >= 11 is 0. The van der Waals surface area contributed by atoms with Crippen molar-refractivity contribution in [3.8, 4) is 0 Å². The van der Waals surface area contributed by atoms with Gasteiger partial charge in [0.25, 0.3) is 0 Å². The number of rotatable bonds is 7. The van der Waals surface area contributed by atoms with Crippen LogP contribution >= 0.6 is 0 Å². The molecule has 0 spiro atoms. The lowest BCUT2D eigenvalue weighted by Gasteiger charge is -2.30. The molecule has 0 aromatic rings. The van der Waals surface area contributed by atoms with Gasteiger partial charge in [-0.1, -0.05) is 6.92 Å². The molecule has 1 atom stereocenters. The van der Waals surface area contributed by atoms with Gasteiger partial charge in [-0.05, 0) is 76.9 Å². The van der Waals surface area contributed by atoms with Crippen molar-refractivity contribution in [2.45, 2.75) is 58.4 Å². The van der Waals surface area contributed by atoms with E-state index in [9.17, 15) is 4.79 Å². The van der Waals surface area contributed by atoms with E-state index >= 15 is 0 Å². The average Bonchev–Trinajstić information content (AvgIpc) is 3.25. The van der Waals surface area contributed by atoms with Crippen LogP contribution in [-0.4, -0.2) is 43.2 Å². The maximum atomic E-state index is 11.7. The minimum Gasteiger partial charge on any atom is -0.338 e. The Morgan fingerprint density at radius 3 is 2.55 bits per heavy atom. The van der Waals surface area contributed by atoms with Gasteiger partial charge in [0.2, 0.25) is 0 Å². The fourth-order valence-corrected chi connectivity index (χ4v) is 2.92. The van der Waals surface area contributed by atoms with Gasteiger partial charge in [0.15, 0.2) is 0 Å². The first-order valence-electron chi connectivity index (χ1n) is 8.42. The molecule has 0 bridgehead atoms. The number of hydrogen-bond acceptors (Lipinski definition) is 2. The van der Waals surface area contributed by atoms with Gasteiger partial charge in [0, 0.05) is 12.6 Å². The second-order valence-corrected chi connectivity index (χ2v) is 6.76. The molecular weight excluding hydrogens is 250 g/mol. The van der Waals surface area contributed by atoms with Crippen LogP contribution in [0.15, 0.2) is 0 Å². The zero-order valence-electron chi connectivity index (χ0n) is 13.2. The van der Waals surface area contributed by atoms with Crippen molar-refractivity contribution < 1.29 is 4.79 Å². The van der Waals surface area contributed by atoms with Crippen LogP contribution in [0.5, 0.6) is 0 Å². The van der Waals surface area contributed by atoms with Gasteiger partial charge in [-0.15, -0.1) is 0 Å². The summed E-state index contributed by atoms with van der Waals surface area (Å²) in [6, 6.07) is 0.349. The third-order valence-corrected chi connectivity index (χ3v) is 4.75. The molecule has 1 heterocycles. The number of unbranched alkanes of at least 4 members (excludes halogenated alkanes) is 1. The van der Waals surface area contributed by atoms with Crippen molar-refractivity contribution in [1.29, 1.82) is 0 Å². The van der Waals surface area contributed by atoms with Crippen LogP contribution in [0.2, 0.25) is 0 Å². The first kappa shape index (κ1) is 15.6. The quantitative estimate of drug-likeness (QED) is 0.705. The van der Waals surface area contributed by atoms with Crippen LogP contribution in [0.4, 0.5) is 4.79 Å². The molecule has 20 heavy (non-hydrogen) atoms. The van der Waals surface area contributed by atoms with Crippen LogP contribution in [0.3, 0.4) is 0 Å². The van der Waals surface area contributed by atoms with E-state index in [1.165, 1.54) is 51.7 Å². The second kappa shape index (κ2) is 7.87. The van der Waals surface area contributed by atoms with Crippen LogP contribution in [0.25, 0.3) is 0 Å². The minimum atomic E-state index is 0.0104. The van der Waals surface area contributed by atoms with Gasteiger partial charge in [0.05, 0.1) is 0 Å². The van der Waals surface area contributed by atoms with Crippen molar-refractivity contribution in [1.82, 2.24) is 15.5 Å². The third-order valence-electron chi connectivity index (χ3n) is 4.75. The summed E-state index contributed by atoms with van der Waals surface area (Å²) in [5, 5.41) is 6.00. The Morgan fingerprint density at radius 1 is 1.20 bits per heavy atom. The molecule has 116 valence electrons. The Bertz CT molecular complexity index is 296. The number of hydrogen-bond donors (Lipinski definition) is 2. The van der Waals surface area contributed by atoms with Gasteiger partial charge in [0.1, 0.15) is 0 Å². The Balaban J connectivity index is 1.43. The normalized spacial score (nSPS) is 22.5. The Kier molecular flexibility index (Phi) is 6.14. The molecule has 2 N–H and O–H groups in total. The summed E-state index contributed by atoms with van der Waals surface area (Å²) in [6.07, 6.45) is 7.51. The molecule has 1 unspecified atom stereocenters. The predicted octanol–water partition coefficient (Wildman–Crippen LogP) is 2.60. The first-order valence-corrected chi connectivity index (χ1v) is 8.42. The summed E-state index contributed by atoms with van der Waals surface area (Å²) in [7, 11) is 0. The molecular formula is C16H31N3O. The van der Waals surface area contributed by atoms with E-state index in [1.54, 1.807) is 0 Å².